The Bertz CT molecular complexity index is 616. The third kappa shape index (κ3) is 3.15. The standard InChI is InChI=1S/C15H13ClFNO2/c16-11-6-4-9(5-7-11)13(14(18)15(19)20)10-2-1-3-12(17)8-10/h1-8,13-14H,18H2,(H,19,20). The van der Waals surface area contributed by atoms with Crippen LogP contribution in [0.5, 0.6) is 0 Å². The minimum Gasteiger partial charge on any atom is -0.480 e. The lowest BCUT2D eigenvalue weighted by molar-refractivity contribution is -0.138. The van der Waals surface area contributed by atoms with E-state index >= 15 is 0 Å². The van der Waals surface area contributed by atoms with Gasteiger partial charge >= 0.3 is 5.97 Å². The van der Waals surface area contributed by atoms with Crippen LogP contribution in [0.2, 0.25) is 5.02 Å². The highest BCUT2D eigenvalue weighted by molar-refractivity contribution is 6.30. The van der Waals surface area contributed by atoms with Crippen molar-refractivity contribution in [3.05, 3.63) is 70.5 Å². The van der Waals surface area contributed by atoms with E-state index in [1.54, 1.807) is 30.3 Å². The first-order valence-corrected chi connectivity index (χ1v) is 6.36. The van der Waals surface area contributed by atoms with E-state index in [-0.39, 0.29) is 0 Å². The summed E-state index contributed by atoms with van der Waals surface area (Å²) in [5, 5.41) is 9.69. The highest BCUT2D eigenvalue weighted by Crippen LogP contribution is 2.29. The minimum absolute atomic E-state index is 0.431. The number of nitrogens with two attached hydrogens (primary N) is 1. The van der Waals surface area contributed by atoms with Gasteiger partial charge in [0.25, 0.3) is 0 Å². The second-order valence-electron chi connectivity index (χ2n) is 4.45. The minimum atomic E-state index is -1.17. The van der Waals surface area contributed by atoms with Crippen LogP contribution in [-0.4, -0.2) is 17.1 Å². The summed E-state index contributed by atoms with van der Waals surface area (Å²) in [4.78, 5) is 11.2. The van der Waals surface area contributed by atoms with Crippen molar-refractivity contribution < 1.29 is 14.3 Å². The molecule has 0 aromatic heterocycles. The number of carboxylic acid groups (broad SMARTS) is 1. The summed E-state index contributed by atoms with van der Waals surface area (Å²) in [6.07, 6.45) is 0. The van der Waals surface area contributed by atoms with Gasteiger partial charge in [0.1, 0.15) is 11.9 Å². The van der Waals surface area contributed by atoms with Gasteiger partial charge in [-0.15, -0.1) is 0 Å². The van der Waals surface area contributed by atoms with E-state index in [1.165, 1.54) is 18.2 Å². The van der Waals surface area contributed by atoms with Crippen molar-refractivity contribution in [2.45, 2.75) is 12.0 Å². The summed E-state index contributed by atoms with van der Waals surface area (Å²) in [6, 6.07) is 11.3. The predicted octanol–water partition coefficient (Wildman–Crippen LogP) is 3.02. The van der Waals surface area contributed by atoms with Gasteiger partial charge in [0.05, 0.1) is 0 Å². The van der Waals surface area contributed by atoms with Crippen LogP contribution in [0.15, 0.2) is 48.5 Å². The Morgan fingerprint density at radius 1 is 1.15 bits per heavy atom. The number of rotatable bonds is 4. The third-order valence-electron chi connectivity index (χ3n) is 3.08. The molecule has 0 aliphatic carbocycles. The lowest BCUT2D eigenvalue weighted by Crippen LogP contribution is -2.37. The smallest absolute Gasteiger partial charge is 0.321 e. The molecular formula is C15H13ClFNO2. The first-order chi connectivity index (χ1) is 9.49. The Morgan fingerprint density at radius 2 is 1.80 bits per heavy atom. The van der Waals surface area contributed by atoms with Gasteiger partial charge in [-0.05, 0) is 35.4 Å². The van der Waals surface area contributed by atoms with Crippen LogP contribution in [-0.2, 0) is 4.79 Å². The average molecular weight is 294 g/mol. The number of hydrogen-bond donors (Lipinski definition) is 2. The molecule has 2 aromatic carbocycles. The molecule has 2 aromatic rings. The fourth-order valence-electron chi connectivity index (χ4n) is 2.12. The molecule has 0 amide bonds. The van der Waals surface area contributed by atoms with Crippen LogP contribution < -0.4 is 5.73 Å². The molecule has 3 N–H and O–H groups in total. The molecule has 0 saturated carbocycles. The molecule has 3 nitrogen and oxygen atoms in total. The summed E-state index contributed by atoms with van der Waals surface area (Å²) < 4.78 is 13.4. The Balaban J connectivity index is 2.49. The molecule has 0 spiro atoms. The molecular weight excluding hydrogens is 281 g/mol. The molecule has 2 rings (SSSR count). The van der Waals surface area contributed by atoms with Crippen LogP contribution in [0.4, 0.5) is 4.39 Å². The summed E-state index contributed by atoms with van der Waals surface area (Å²) in [6.45, 7) is 0. The largest absolute Gasteiger partial charge is 0.480 e. The molecule has 0 saturated heterocycles. The molecule has 20 heavy (non-hydrogen) atoms. The summed E-state index contributed by atoms with van der Waals surface area (Å²) >= 11 is 5.82. The first kappa shape index (κ1) is 14.5. The zero-order valence-electron chi connectivity index (χ0n) is 10.5. The predicted molar refractivity (Wildman–Crippen MR) is 75.3 cm³/mol. The van der Waals surface area contributed by atoms with Gasteiger partial charge in [0.15, 0.2) is 0 Å². The second-order valence-corrected chi connectivity index (χ2v) is 4.88. The lowest BCUT2D eigenvalue weighted by Gasteiger charge is -2.22. The van der Waals surface area contributed by atoms with E-state index in [0.29, 0.717) is 16.1 Å². The maximum atomic E-state index is 13.4. The zero-order valence-corrected chi connectivity index (χ0v) is 11.2. The van der Waals surface area contributed by atoms with E-state index < -0.39 is 23.7 Å². The van der Waals surface area contributed by atoms with Crippen LogP contribution in [0.25, 0.3) is 0 Å². The third-order valence-corrected chi connectivity index (χ3v) is 3.33. The van der Waals surface area contributed by atoms with Gasteiger partial charge < -0.3 is 10.8 Å². The lowest BCUT2D eigenvalue weighted by atomic mass is 9.85. The Morgan fingerprint density at radius 3 is 2.35 bits per heavy atom. The molecule has 0 aliphatic rings. The molecule has 2 atom stereocenters. The van der Waals surface area contributed by atoms with Crippen LogP contribution in [0.3, 0.4) is 0 Å². The van der Waals surface area contributed by atoms with Crippen molar-refractivity contribution in [3.8, 4) is 0 Å². The molecule has 104 valence electrons. The molecule has 5 heteroatoms. The average Bonchev–Trinajstić information content (AvgIpc) is 2.41. The SMILES string of the molecule is NC(C(=O)O)C(c1ccc(Cl)cc1)c1cccc(F)c1. The summed E-state index contributed by atoms with van der Waals surface area (Å²) in [5.74, 6) is -2.21. The fourth-order valence-corrected chi connectivity index (χ4v) is 2.25. The second kappa shape index (κ2) is 6.03. The van der Waals surface area contributed by atoms with Crippen LogP contribution in [0, 0.1) is 5.82 Å². The monoisotopic (exact) mass is 293 g/mol. The maximum Gasteiger partial charge on any atom is 0.321 e. The maximum absolute atomic E-state index is 13.4. The molecule has 0 radical (unpaired) electrons. The number of benzene rings is 2. The van der Waals surface area contributed by atoms with Crippen molar-refractivity contribution in [2.75, 3.05) is 0 Å². The van der Waals surface area contributed by atoms with Crippen molar-refractivity contribution in [1.82, 2.24) is 0 Å². The van der Waals surface area contributed by atoms with E-state index in [2.05, 4.69) is 0 Å². The fraction of sp³-hybridized carbons (Fsp3) is 0.133. The van der Waals surface area contributed by atoms with E-state index in [1.807, 2.05) is 0 Å². The van der Waals surface area contributed by atoms with Gasteiger partial charge in [0.2, 0.25) is 0 Å². The zero-order chi connectivity index (χ0) is 14.7. The van der Waals surface area contributed by atoms with E-state index in [9.17, 15) is 9.18 Å². The van der Waals surface area contributed by atoms with E-state index in [0.717, 1.165) is 0 Å². The summed E-state index contributed by atoms with van der Waals surface area (Å²) in [5.41, 5.74) is 6.95. The molecule has 0 heterocycles. The highest BCUT2D eigenvalue weighted by Gasteiger charge is 2.27. The molecule has 0 fully saturated rings. The normalized spacial score (nSPS) is 13.8. The molecule has 0 bridgehead atoms. The van der Waals surface area contributed by atoms with Gasteiger partial charge in [-0.25, -0.2) is 4.39 Å². The molecule has 0 aliphatic heterocycles. The van der Waals surface area contributed by atoms with Gasteiger partial charge in [-0.3, -0.25) is 4.79 Å². The molecule has 2 unspecified atom stereocenters. The number of halogens is 2. The van der Waals surface area contributed by atoms with E-state index in [4.69, 9.17) is 22.4 Å². The van der Waals surface area contributed by atoms with Crippen LogP contribution in [0.1, 0.15) is 17.0 Å². The Labute approximate surface area is 120 Å². The Kier molecular flexibility index (Phi) is 4.37. The van der Waals surface area contributed by atoms with Crippen LogP contribution >= 0.6 is 11.6 Å². The van der Waals surface area contributed by atoms with Gasteiger partial charge in [-0.2, -0.15) is 0 Å². The highest BCUT2D eigenvalue weighted by atomic mass is 35.5. The number of aliphatic carboxylic acids is 1. The van der Waals surface area contributed by atoms with Crippen molar-refractivity contribution in [1.29, 1.82) is 0 Å². The summed E-state index contributed by atoms with van der Waals surface area (Å²) in [7, 11) is 0. The van der Waals surface area contributed by atoms with Gasteiger partial charge in [-0.1, -0.05) is 35.9 Å². The van der Waals surface area contributed by atoms with Gasteiger partial charge in [0, 0.05) is 10.9 Å². The quantitative estimate of drug-likeness (QED) is 0.911. The van der Waals surface area contributed by atoms with Crippen molar-refractivity contribution >= 4 is 17.6 Å². The van der Waals surface area contributed by atoms with Crippen molar-refractivity contribution in [3.63, 3.8) is 0 Å². The first-order valence-electron chi connectivity index (χ1n) is 5.98. The number of hydrogen-bond acceptors (Lipinski definition) is 2. The Hall–Kier alpha value is -1.91. The number of carboxylic acids is 1. The number of carbonyl (C=O) groups is 1. The topological polar surface area (TPSA) is 63.3 Å². The van der Waals surface area contributed by atoms with Crippen molar-refractivity contribution in [2.24, 2.45) is 5.73 Å².